The predicted octanol–water partition coefficient (Wildman–Crippen LogP) is -1.34. The third kappa shape index (κ3) is 6.28. The second kappa shape index (κ2) is 7.98. The molecule has 0 atom stereocenters. The molecule has 0 amide bonds. The highest BCUT2D eigenvalue weighted by atomic mass is 16.3. The number of nitrogens with one attached hydrogen (secondary N) is 1. The average Bonchev–Trinajstić information content (AvgIpc) is 2.01. The van der Waals surface area contributed by atoms with Crippen LogP contribution in [0.1, 0.15) is 19.8 Å². The van der Waals surface area contributed by atoms with Crippen LogP contribution >= 0.6 is 0 Å². The first-order chi connectivity index (χ1) is 5.35. The van der Waals surface area contributed by atoms with Gasteiger partial charge in [-0.3, -0.25) is 0 Å². The molecule has 3 nitrogen and oxygen atoms in total. The van der Waals surface area contributed by atoms with Gasteiger partial charge in [-0.2, -0.15) is 0 Å². The Hall–Kier alpha value is -0.120. The highest BCUT2D eigenvalue weighted by Gasteiger charge is 2.04. The Balaban J connectivity index is 3.34. The first-order valence-corrected chi connectivity index (χ1v) is 4.40. The summed E-state index contributed by atoms with van der Waals surface area (Å²) in [6.07, 6.45) is 2.36. The molecule has 0 saturated carbocycles. The summed E-state index contributed by atoms with van der Waals surface area (Å²) in [6.45, 7) is 5.19. The van der Waals surface area contributed by atoms with Crippen LogP contribution in [-0.2, 0) is 0 Å². The quantitative estimate of drug-likeness (QED) is 0.434. The minimum atomic E-state index is 0.221. The van der Waals surface area contributed by atoms with Gasteiger partial charge in [0.25, 0.3) is 0 Å². The zero-order chi connectivity index (χ0) is 8.53. The molecular formula is C8H20NO2+. The lowest BCUT2D eigenvalue weighted by molar-refractivity contribution is -0.901. The van der Waals surface area contributed by atoms with E-state index in [1.165, 1.54) is 17.7 Å². The number of unbranched alkanes of at least 4 members (excludes halogenated alkanes) is 1. The summed E-state index contributed by atoms with van der Waals surface area (Å²) in [5.41, 5.74) is 0. The number of hydrogen-bond acceptors (Lipinski definition) is 2. The van der Waals surface area contributed by atoms with Crippen molar-refractivity contribution in [2.45, 2.75) is 19.8 Å². The van der Waals surface area contributed by atoms with Crippen molar-refractivity contribution in [1.82, 2.24) is 0 Å². The highest BCUT2D eigenvalue weighted by Crippen LogP contribution is 1.78. The number of aliphatic hydroxyl groups is 2. The van der Waals surface area contributed by atoms with E-state index in [2.05, 4.69) is 6.92 Å². The predicted molar refractivity (Wildman–Crippen MR) is 44.6 cm³/mol. The fourth-order valence-electron chi connectivity index (χ4n) is 1.12. The Morgan fingerprint density at radius 3 is 1.91 bits per heavy atom. The van der Waals surface area contributed by atoms with Crippen LogP contribution in [-0.4, -0.2) is 43.1 Å². The van der Waals surface area contributed by atoms with Gasteiger partial charge in [0.1, 0.15) is 13.1 Å². The second-order valence-electron chi connectivity index (χ2n) is 2.80. The van der Waals surface area contributed by atoms with E-state index in [9.17, 15) is 0 Å². The van der Waals surface area contributed by atoms with E-state index in [1.807, 2.05) is 0 Å². The Morgan fingerprint density at radius 2 is 1.55 bits per heavy atom. The van der Waals surface area contributed by atoms with Crippen molar-refractivity contribution < 1.29 is 15.1 Å². The summed E-state index contributed by atoms with van der Waals surface area (Å²) in [4.78, 5) is 1.30. The van der Waals surface area contributed by atoms with E-state index in [1.54, 1.807) is 0 Å². The van der Waals surface area contributed by atoms with Crippen LogP contribution in [0.3, 0.4) is 0 Å². The van der Waals surface area contributed by atoms with Gasteiger partial charge >= 0.3 is 0 Å². The van der Waals surface area contributed by atoms with Gasteiger partial charge in [0.05, 0.1) is 19.8 Å². The molecule has 0 aliphatic rings. The molecule has 0 aromatic heterocycles. The smallest absolute Gasteiger partial charge is 0.101 e. The molecule has 3 N–H and O–H groups in total. The molecule has 0 aliphatic heterocycles. The van der Waals surface area contributed by atoms with E-state index in [-0.39, 0.29) is 13.2 Å². The Bertz CT molecular complexity index is 72.5. The molecule has 0 unspecified atom stereocenters. The lowest BCUT2D eigenvalue weighted by Gasteiger charge is -2.16. The van der Waals surface area contributed by atoms with Crippen LogP contribution in [0.2, 0.25) is 0 Å². The topological polar surface area (TPSA) is 44.9 Å². The molecule has 0 radical (unpaired) electrons. The van der Waals surface area contributed by atoms with Crippen molar-refractivity contribution in [2.75, 3.05) is 32.8 Å². The molecule has 11 heavy (non-hydrogen) atoms. The molecular weight excluding hydrogens is 142 g/mol. The van der Waals surface area contributed by atoms with Gasteiger partial charge in [-0.25, -0.2) is 0 Å². The van der Waals surface area contributed by atoms with Crippen LogP contribution in [0.15, 0.2) is 0 Å². The first-order valence-electron chi connectivity index (χ1n) is 4.40. The molecule has 0 aromatic rings. The van der Waals surface area contributed by atoms with Crippen molar-refractivity contribution >= 4 is 0 Å². The maximum absolute atomic E-state index is 8.66. The van der Waals surface area contributed by atoms with Crippen LogP contribution in [0, 0.1) is 0 Å². The minimum absolute atomic E-state index is 0.221. The fraction of sp³-hybridized carbons (Fsp3) is 1.00. The average molecular weight is 162 g/mol. The maximum atomic E-state index is 8.66. The Kier molecular flexibility index (Phi) is 7.89. The standard InChI is InChI=1S/C8H19NO2/c1-2-3-4-9(5-7-10)6-8-11/h10-11H,2-8H2,1H3/p+1. The molecule has 3 heteroatoms. The van der Waals surface area contributed by atoms with Crippen LogP contribution < -0.4 is 4.90 Å². The van der Waals surface area contributed by atoms with Crippen molar-refractivity contribution in [3.05, 3.63) is 0 Å². The monoisotopic (exact) mass is 162 g/mol. The normalized spacial score (nSPS) is 10.9. The van der Waals surface area contributed by atoms with Crippen molar-refractivity contribution in [3.63, 3.8) is 0 Å². The van der Waals surface area contributed by atoms with Gasteiger partial charge < -0.3 is 15.1 Å². The van der Waals surface area contributed by atoms with E-state index >= 15 is 0 Å². The molecule has 0 spiro atoms. The molecule has 0 bridgehead atoms. The first kappa shape index (κ1) is 10.9. The van der Waals surface area contributed by atoms with Crippen LogP contribution in [0.5, 0.6) is 0 Å². The summed E-state index contributed by atoms with van der Waals surface area (Å²) in [5, 5.41) is 17.3. The van der Waals surface area contributed by atoms with Crippen LogP contribution in [0.4, 0.5) is 0 Å². The van der Waals surface area contributed by atoms with Crippen molar-refractivity contribution in [1.29, 1.82) is 0 Å². The zero-order valence-corrected chi connectivity index (χ0v) is 7.34. The van der Waals surface area contributed by atoms with Gasteiger partial charge in [0, 0.05) is 0 Å². The number of rotatable bonds is 7. The van der Waals surface area contributed by atoms with Crippen molar-refractivity contribution in [3.8, 4) is 0 Å². The van der Waals surface area contributed by atoms with Gasteiger partial charge in [-0.05, 0) is 6.42 Å². The molecule has 0 heterocycles. The van der Waals surface area contributed by atoms with Gasteiger partial charge in [0.15, 0.2) is 0 Å². The lowest BCUT2D eigenvalue weighted by Crippen LogP contribution is -3.13. The highest BCUT2D eigenvalue weighted by molar-refractivity contribution is 4.32. The third-order valence-corrected chi connectivity index (χ3v) is 1.81. The van der Waals surface area contributed by atoms with Gasteiger partial charge in [0.2, 0.25) is 0 Å². The van der Waals surface area contributed by atoms with E-state index < -0.39 is 0 Å². The molecule has 68 valence electrons. The zero-order valence-electron chi connectivity index (χ0n) is 7.34. The number of quaternary nitrogens is 1. The van der Waals surface area contributed by atoms with Gasteiger partial charge in [-0.1, -0.05) is 13.3 Å². The molecule has 0 saturated heterocycles. The summed E-state index contributed by atoms with van der Waals surface area (Å²) in [7, 11) is 0. The van der Waals surface area contributed by atoms with Crippen LogP contribution in [0.25, 0.3) is 0 Å². The third-order valence-electron chi connectivity index (χ3n) is 1.81. The SMILES string of the molecule is CCCC[NH+](CCO)CCO. The summed E-state index contributed by atoms with van der Waals surface area (Å²) >= 11 is 0. The number of aliphatic hydroxyl groups excluding tert-OH is 2. The summed E-state index contributed by atoms with van der Waals surface area (Å²) < 4.78 is 0. The summed E-state index contributed by atoms with van der Waals surface area (Å²) in [6, 6.07) is 0. The van der Waals surface area contributed by atoms with Gasteiger partial charge in [-0.15, -0.1) is 0 Å². The molecule has 0 aromatic carbocycles. The lowest BCUT2D eigenvalue weighted by atomic mass is 10.3. The Labute approximate surface area is 68.6 Å². The van der Waals surface area contributed by atoms with E-state index in [0.29, 0.717) is 0 Å². The molecule has 0 fully saturated rings. The fourth-order valence-corrected chi connectivity index (χ4v) is 1.12. The minimum Gasteiger partial charge on any atom is -0.391 e. The second-order valence-corrected chi connectivity index (χ2v) is 2.80. The van der Waals surface area contributed by atoms with E-state index in [4.69, 9.17) is 10.2 Å². The molecule has 0 rings (SSSR count). The largest absolute Gasteiger partial charge is 0.391 e. The Morgan fingerprint density at radius 1 is 1.00 bits per heavy atom. The van der Waals surface area contributed by atoms with Crippen molar-refractivity contribution in [2.24, 2.45) is 0 Å². The summed E-state index contributed by atoms with van der Waals surface area (Å²) in [5.74, 6) is 0. The van der Waals surface area contributed by atoms with E-state index in [0.717, 1.165) is 19.6 Å². The molecule has 0 aliphatic carbocycles. The maximum Gasteiger partial charge on any atom is 0.101 e. The number of hydrogen-bond donors (Lipinski definition) is 3.